The van der Waals surface area contributed by atoms with Crippen LogP contribution in [0.1, 0.15) is 54.0 Å². The van der Waals surface area contributed by atoms with Gasteiger partial charge in [-0.3, -0.25) is 4.90 Å². The highest BCUT2D eigenvalue weighted by atomic mass is 19.1. The second-order valence-electron chi connectivity index (χ2n) is 9.00. The van der Waals surface area contributed by atoms with Crippen molar-refractivity contribution in [3.8, 4) is 5.75 Å². The topological polar surface area (TPSA) is 67.8 Å². The van der Waals surface area contributed by atoms with Gasteiger partial charge >= 0.3 is 0 Å². The second kappa shape index (κ2) is 10.5. The molecule has 1 heterocycles. The van der Waals surface area contributed by atoms with Crippen LogP contribution in [0.25, 0.3) is 0 Å². The van der Waals surface area contributed by atoms with Crippen LogP contribution in [0, 0.1) is 12.7 Å². The summed E-state index contributed by atoms with van der Waals surface area (Å²) in [5.41, 5.74) is 12.2. The number of nitrogens with two attached hydrogens (primary N) is 2. The predicted octanol–water partition coefficient (Wildman–Crippen LogP) is 5.35. The summed E-state index contributed by atoms with van der Waals surface area (Å²) in [7, 11) is 0. The molecule has 1 atom stereocenters. The highest BCUT2D eigenvalue weighted by molar-refractivity contribution is 5.69. The molecule has 4 rings (SSSR count). The molecule has 3 aromatic carbocycles. The number of hydrogen-bond donors (Lipinski definition) is 2. The zero-order valence-corrected chi connectivity index (χ0v) is 20.4. The Labute approximate surface area is 202 Å². The average Bonchev–Trinajstić information content (AvgIpc) is 3.05. The lowest BCUT2D eigenvalue weighted by Gasteiger charge is -2.24. The smallest absolute Gasteiger partial charge is 0.152 e. The first kappa shape index (κ1) is 24.0. The predicted molar refractivity (Wildman–Crippen MR) is 137 cm³/mol. The fourth-order valence-corrected chi connectivity index (χ4v) is 4.76. The van der Waals surface area contributed by atoms with Crippen LogP contribution >= 0.6 is 0 Å². The third-order valence-electron chi connectivity index (χ3n) is 6.82. The molecule has 0 bridgehead atoms. The number of ether oxygens (including phenoxy) is 1. The van der Waals surface area contributed by atoms with Crippen LogP contribution in [0.15, 0.2) is 54.6 Å². The van der Waals surface area contributed by atoms with Gasteiger partial charge in [0.05, 0.1) is 11.4 Å². The van der Waals surface area contributed by atoms with Gasteiger partial charge in [-0.15, -0.1) is 0 Å². The maximum absolute atomic E-state index is 15.4. The van der Waals surface area contributed by atoms with Crippen molar-refractivity contribution in [1.82, 2.24) is 4.90 Å². The number of hydrogen-bond acceptors (Lipinski definition) is 5. The maximum atomic E-state index is 15.4. The first-order chi connectivity index (χ1) is 16.4. The molecule has 0 radical (unpaired) electrons. The molecule has 34 heavy (non-hydrogen) atoms. The standard InChI is InChI=1S/C28H35FN4O/c1-4-23(24-12-13-25(33(31)5-2)28(30)27(24)29)20-11-10-19(3)22(16-20)18-32-14-15-34-26-9-7-6-8-21(26)17-32/h6-13,16,23H,4-5,14-15,17-18,30-31H2,1-3H3. The van der Waals surface area contributed by atoms with Gasteiger partial charge in [0, 0.05) is 37.7 Å². The molecule has 0 aromatic heterocycles. The third-order valence-corrected chi connectivity index (χ3v) is 6.82. The first-order valence-corrected chi connectivity index (χ1v) is 12.1. The van der Waals surface area contributed by atoms with Crippen LogP contribution in [0.2, 0.25) is 0 Å². The van der Waals surface area contributed by atoms with Crippen molar-refractivity contribution in [3.63, 3.8) is 0 Å². The minimum Gasteiger partial charge on any atom is -0.492 e. The van der Waals surface area contributed by atoms with Gasteiger partial charge in [0.2, 0.25) is 0 Å². The van der Waals surface area contributed by atoms with E-state index in [0.717, 1.165) is 37.4 Å². The summed E-state index contributed by atoms with van der Waals surface area (Å²) < 4.78 is 21.3. The zero-order chi connectivity index (χ0) is 24.2. The quantitative estimate of drug-likeness (QED) is 0.281. The van der Waals surface area contributed by atoms with Gasteiger partial charge in [-0.25, -0.2) is 10.2 Å². The van der Waals surface area contributed by atoms with Gasteiger partial charge in [-0.05, 0) is 54.7 Å². The Hall–Kier alpha value is -3.09. The molecule has 0 aliphatic carbocycles. The van der Waals surface area contributed by atoms with Crippen LogP contribution in [-0.4, -0.2) is 24.6 Å². The summed E-state index contributed by atoms with van der Waals surface area (Å²) in [6.07, 6.45) is 0.767. The number of hydrazine groups is 1. The van der Waals surface area contributed by atoms with Crippen LogP contribution in [-0.2, 0) is 13.1 Å². The van der Waals surface area contributed by atoms with Crippen LogP contribution in [0.4, 0.5) is 15.8 Å². The lowest BCUT2D eigenvalue weighted by atomic mass is 9.86. The number of nitrogen functional groups attached to an aromatic ring is 1. The molecular weight excluding hydrogens is 427 g/mol. The van der Waals surface area contributed by atoms with E-state index in [9.17, 15) is 0 Å². The van der Waals surface area contributed by atoms with Crippen LogP contribution < -0.4 is 21.3 Å². The van der Waals surface area contributed by atoms with Crippen molar-refractivity contribution in [2.24, 2.45) is 5.84 Å². The van der Waals surface area contributed by atoms with E-state index in [0.29, 0.717) is 24.4 Å². The molecule has 4 N–H and O–H groups in total. The fraction of sp³-hybridized carbons (Fsp3) is 0.357. The van der Waals surface area contributed by atoms with E-state index in [2.05, 4.69) is 49.1 Å². The minimum absolute atomic E-state index is 0.0863. The zero-order valence-electron chi connectivity index (χ0n) is 20.4. The van der Waals surface area contributed by atoms with Crippen LogP contribution in [0.3, 0.4) is 0 Å². The highest BCUT2D eigenvalue weighted by Crippen LogP contribution is 2.36. The van der Waals surface area contributed by atoms with E-state index < -0.39 is 0 Å². The normalized spacial score (nSPS) is 14.7. The van der Waals surface area contributed by atoms with Gasteiger partial charge in [-0.2, -0.15) is 0 Å². The van der Waals surface area contributed by atoms with Gasteiger partial charge in [-0.1, -0.05) is 49.4 Å². The van der Waals surface area contributed by atoms with Crippen LogP contribution in [0.5, 0.6) is 5.75 Å². The Balaban J connectivity index is 1.61. The molecule has 3 aromatic rings. The average molecular weight is 463 g/mol. The van der Waals surface area contributed by atoms with Gasteiger partial charge in [0.15, 0.2) is 5.82 Å². The molecule has 5 nitrogen and oxygen atoms in total. The summed E-state index contributed by atoms with van der Waals surface area (Å²) in [5, 5.41) is 1.47. The highest BCUT2D eigenvalue weighted by Gasteiger charge is 2.22. The maximum Gasteiger partial charge on any atom is 0.152 e. The van der Waals surface area contributed by atoms with Crippen molar-refractivity contribution in [2.75, 3.05) is 30.4 Å². The second-order valence-corrected chi connectivity index (χ2v) is 9.00. The van der Waals surface area contributed by atoms with E-state index in [1.54, 1.807) is 0 Å². The van der Waals surface area contributed by atoms with Gasteiger partial charge in [0.1, 0.15) is 12.4 Å². The molecule has 0 saturated carbocycles. The SMILES string of the molecule is CCC(c1ccc(C)c(CN2CCOc3ccccc3C2)c1)c1ccc(N(N)CC)c(N)c1F. The molecule has 0 saturated heterocycles. The summed E-state index contributed by atoms with van der Waals surface area (Å²) in [4.78, 5) is 2.41. The largest absolute Gasteiger partial charge is 0.492 e. The molecule has 1 unspecified atom stereocenters. The molecule has 0 spiro atoms. The van der Waals surface area contributed by atoms with E-state index in [4.69, 9.17) is 16.3 Å². The number of halogens is 1. The summed E-state index contributed by atoms with van der Waals surface area (Å²) >= 11 is 0. The van der Waals surface area contributed by atoms with Gasteiger partial charge < -0.3 is 15.5 Å². The Morgan fingerprint density at radius 3 is 2.68 bits per heavy atom. The Kier molecular flexibility index (Phi) is 7.39. The lowest BCUT2D eigenvalue weighted by Crippen LogP contribution is -2.31. The Bertz CT molecular complexity index is 1150. The number of fused-ring (bicyclic) bond motifs is 1. The van der Waals surface area contributed by atoms with Gasteiger partial charge in [0.25, 0.3) is 0 Å². The summed E-state index contributed by atoms with van der Waals surface area (Å²) in [6.45, 7) is 9.85. The molecule has 0 fully saturated rings. The Morgan fingerprint density at radius 2 is 1.91 bits per heavy atom. The molecule has 1 aliphatic rings. The van der Waals surface area contributed by atoms with E-state index in [-0.39, 0.29) is 17.4 Å². The summed E-state index contributed by atoms with van der Waals surface area (Å²) in [6, 6.07) is 18.4. The van der Waals surface area contributed by atoms with Crippen molar-refractivity contribution < 1.29 is 9.13 Å². The molecule has 1 aliphatic heterocycles. The molecular formula is C28H35FN4O. The molecule has 180 valence electrons. The molecule has 0 amide bonds. The van der Waals surface area contributed by atoms with Crippen molar-refractivity contribution in [2.45, 2.75) is 46.2 Å². The first-order valence-electron chi connectivity index (χ1n) is 12.1. The Morgan fingerprint density at radius 1 is 1.12 bits per heavy atom. The third kappa shape index (κ3) is 4.88. The van der Waals surface area contributed by atoms with Crippen molar-refractivity contribution >= 4 is 11.4 Å². The summed E-state index contributed by atoms with van der Waals surface area (Å²) in [5.74, 6) is 6.48. The fourth-order valence-electron chi connectivity index (χ4n) is 4.76. The number of para-hydroxylation sites is 1. The monoisotopic (exact) mass is 462 g/mol. The van der Waals surface area contributed by atoms with Crippen molar-refractivity contribution in [1.29, 1.82) is 0 Å². The number of nitrogens with zero attached hydrogens (tertiary/aromatic N) is 2. The number of rotatable bonds is 7. The number of benzene rings is 3. The van der Waals surface area contributed by atoms with Crippen molar-refractivity contribution in [3.05, 3.63) is 88.2 Å². The molecule has 6 heteroatoms. The number of anilines is 2. The lowest BCUT2D eigenvalue weighted by molar-refractivity contribution is 0.219. The van der Waals surface area contributed by atoms with E-state index in [1.807, 2.05) is 31.2 Å². The van der Waals surface area contributed by atoms with E-state index in [1.165, 1.54) is 21.7 Å². The van der Waals surface area contributed by atoms with E-state index >= 15 is 4.39 Å². The number of aryl methyl sites for hydroxylation is 1. The minimum atomic E-state index is -0.378.